The predicted octanol–water partition coefficient (Wildman–Crippen LogP) is 3.96. The predicted molar refractivity (Wildman–Crippen MR) is 74.3 cm³/mol. The van der Waals surface area contributed by atoms with Crippen molar-refractivity contribution in [2.45, 2.75) is 31.2 Å². The van der Waals surface area contributed by atoms with E-state index < -0.39 is 0 Å². The van der Waals surface area contributed by atoms with Gasteiger partial charge in [0.2, 0.25) is 0 Å². The van der Waals surface area contributed by atoms with Crippen LogP contribution in [0.1, 0.15) is 25.7 Å². The van der Waals surface area contributed by atoms with Crippen molar-refractivity contribution >= 4 is 16.5 Å². The summed E-state index contributed by atoms with van der Waals surface area (Å²) in [7, 11) is 0. The van der Waals surface area contributed by atoms with Crippen LogP contribution in [0.25, 0.3) is 10.8 Å². The average molecular weight is 239 g/mol. The van der Waals surface area contributed by atoms with Crippen molar-refractivity contribution in [2.75, 3.05) is 11.9 Å². The first kappa shape index (κ1) is 10.2. The van der Waals surface area contributed by atoms with Crippen LogP contribution < -0.4 is 10.1 Å². The third-order valence-corrected chi connectivity index (χ3v) is 4.33. The van der Waals surface area contributed by atoms with Crippen molar-refractivity contribution in [1.29, 1.82) is 0 Å². The topological polar surface area (TPSA) is 21.3 Å². The van der Waals surface area contributed by atoms with Crippen LogP contribution in [-0.2, 0) is 0 Å². The maximum absolute atomic E-state index is 6.11. The minimum Gasteiger partial charge on any atom is -0.488 e. The lowest BCUT2D eigenvalue weighted by Crippen LogP contribution is -2.44. The number of ether oxygens (including phenoxy) is 1. The number of nitrogens with one attached hydrogen (secondary N) is 1. The van der Waals surface area contributed by atoms with Gasteiger partial charge in [0.25, 0.3) is 0 Å². The van der Waals surface area contributed by atoms with E-state index in [4.69, 9.17) is 4.74 Å². The van der Waals surface area contributed by atoms with Crippen molar-refractivity contribution < 1.29 is 4.74 Å². The van der Waals surface area contributed by atoms with E-state index in [2.05, 4.69) is 41.7 Å². The third kappa shape index (κ3) is 1.41. The Balaban J connectivity index is 1.83. The van der Waals surface area contributed by atoms with Gasteiger partial charge in [-0.3, -0.25) is 0 Å². The lowest BCUT2D eigenvalue weighted by Gasteiger charge is -2.37. The molecule has 1 aliphatic heterocycles. The summed E-state index contributed by atoms with van der Waals surface area (Å²) in [6.07, 6.45) is 5.11. The van der Waals surface area contributed by atoms with Gasteiger partial charge in [0, 0.05) is 5.39 Å². The Labute approximate surface area is 107 Å². The Bertz CT molecular complexity index is 599. The van der Waals surface area contributed by atoms with Gasteiger partial charge >= 0.3 is 0 Å². The molecule has 0 atom stereocenters. The summed E-state index contributed by atoms with van der Waals surface area (Å²) in [6, 6.07) is 12.8. The molecular formula is C16H17NO. The van der Waals surface area contributed by atoms with Crippen molar-refractivity contribution in [1.82, 2.24) is 0 Å². The first-order valence-corrected chi connectivity index (χ1v) is 6.79. The molecule has 0 aromatic heterocycles. The highest BCUT2D eigenvalue weighted by Crippen LogP contribution is 2.43. The molecule has 2 aromatic rings. The van der Waals surface area contributed by atoms with Crippen LogP contribution in [0, 0.1) is 0 Å². The Morgan fingerprint density at radius 2 is 1.83 bits per heavy atom. The van der Waals surface area contributed by atoms with Gasteiger partial charge in [0.1, 0.15) is 12.4 Å². The second-order valence-corrected chi connectivity index (χ2v) is 5.56. The summed E-state index contributed by atoms with van der Waals surface area (Å²) in [6.45, 7) is 0.813. The minimum atomic E-state index is 0.204. The van der Waals surface area contributed by atoms with Gasteiger partial charge in [0.05, 0.1) is 11.2 Å². The molecule has 0 amide bonds. The van der Waals surface area contributed by atoms with E-state index in [1.165, 1.54) is 42.1 Å². The van der Waals surface area contributed by atoms with Crippen molar-refractivity contribution in [3.05, 3.63) is 36.4 Å². The number of hydrogen-bond acceptors (Lipinski definition) is 2. The number of rotatable bonds is 0. The highest BCUT2D eigenvalue weighted by Gasteiger charge is 2.38. The highest BCUT2D eigenvalue weighted by molar-refractivity contribution is 5.94. The molecular weight excluding hydrogens is 222 g/mol. The molecule has 18 heavy (non-hydrogen) atoms. The SMILES string of the molecule is c1ccc2c3c(ccc2c1)NC1(CCCC1)CO3. The van der Waals surface area contributed by atoms with Crippen LogP contribution in [0.5, 0.6) is 5.75 Å². The van der Waals surface area contributed by atoms with E-state index >= 15 is 0 Å². The first-order chi connectivity index (χ1) is 8.86. The maximum atomic E-state index is 6.11. The zero-order valence-electron chi connectivity index (χ0n) is 10.4. The average Bonchev–Trinajstić information content (AvgIpc) is 2.86. The molecule has 4 rings (SSSR count). The van der Waals surface area contributed by atoms with Crippen LogP contribution in [0.2, 0.25) is 0 Å². The molecule has 1 aliphatic carbocycles. The quantitative estimate of drug-likeness (QED) is 0.751. The van der Waals surface area contributed by atoms with Crippen LogP contribution in [0.15, 0.2) is 36.4 Å². The molecule has 2 aliphatic rings. The van der Waals surface area contributed by atoms with Crippen molar-refractivity contribution in [2.24, 2.45) is 0 Å². The molecule has 0 bridgehead atoms. The van der Waals surface area contributed by atoms with Gasteiger partial charge in [-0.1, -0.05) is 43.2 Å². The monoisotopic (exact) mass is 239 g/mol. The standard InChI is InChI=1S/C16H17NO/c1-2-6-13-12(5-1)7-8-14-15(13)18-11-16(17-14)9-3-4-10-16/h1-2,5-8,17H,3-4,9-11H2. The molecule has 2 nitrogen and oxygen atoms in total. The second-order valence-electron chi connectivity index (χ2n) is 5.56. The summed E-state index contributed by atoms with van der Waals surface area (Å²) in [5.74, 6) is 1.03. The summed E-state index contributed by atoms with van der Waals surface area (Å²) >= 11 is 0. The molecule has 0 radical (unpaired) electrons. The van der Waals surface area contributed by atoms with Gasteiger partial charge in [0.15, 0.2) is 0 Å². The van der Waals surface area contributed by atoms with Crippen molar-refractivity contribution in [3.63, 3.8) is 0 Å². The van der Waals surface area contributed by atoms with Crippen LogP contribution >= 0.6 is 0 Å². The summed E-state index contributed by atoms with van der Waals surface area (Å²) in [5, 5.41) is 6.21. The number of fused-ring (bicyclic) bond motifs is 3. The van der Waals surface area contributed by atoms with E-state index in [1.807, 2.05) is 0 Å². The minimum absolute atomic E-state index is 0.204. The lowest BCUT2D eigenvalue weighted by atomic mass is 9.95. The molecule has 92 valence electrons. The van der Waals surface area contributed by atoms with Gasteiger partial charge in [-0.15, -0.1) is 0 Å². The highest BCUT2D eigenvalue weighted by atomic mass is 16.5. The van der Waals surface area contributed by atoms with E-state index in [1.54, 1.807) is 0 Å². The van der Waals surface area contributed by atoms with E-state index in [0.717, 1.165) is 12.4 Å². The van der Waals surface area contributed by atoms with Crippen LogP contribution in [0.3, 0.4) is 0 Å². The summed E-state index contributed by atoms with van der Waals surface area (Å²) < 4.78 is 6.11. The Morgan fingerprint density at radius 3 is 2.72 bits per heavy atom. The van der Waals surface area contributed by atoms with E-state index in [0.29, 0.717) is 0 Å². The third-order valence-electron chi connectivity index (χ3n) is 4.33. The Hall–Kier alpha value is -1.70. The zero-order valence-corrected chi connectivity index (χ0v) is 10.4. The van der Waals surface area contributed by atoms with Gasteiger partial charge in [-0.2, -0.15) is 0 Å². The van der Waals surface area contributed by atoms with E-state index in [-0.39, 0.29) is 5.54 Å². The summed E-state index contributed by atoms with van der Waals surface area (Å²) in [4.78, 5) is 0. The van der Waals surface area contributed by atoms with Gasteiger partial charge in [-0.25, -0.2) is 0 Å². The molecule has 0 saturated heterocycles. The molecule has 1 spiro atoms. The first-order valence-electron chi connectivity index (χ1n) is 6.79. The molecule has 2 aromatic carbocycles. The molecule has 1 N–H and O–H groups in total. The van der Waals surface area contributed by atoms with Crippen LogP contribution in [0.4, 0.5) is 5.69 Å². The molecule has 0 unspecified atom stereocenters. The van der Waals surface area contributed by atoms with Crippen LogP contribution in [-0.4, -0.2) is 12.1 Å². The maximum Gasteiger partial charge on any atom is 0.150 e. The fraction of sp³-hybridized carbons (Fsp3) is 0.375. The van der Waals surface area contributed by atoms with Gasteiger partial charge < -0.3 is 10.1 Å². The normalized spacial score (nSPS) is 20.4. The molecule has 1 heterocycles. The molecule has 1 fully saturated rings. The second kappa shape index (κ2) is 3.64. The molecule has 1 saturated carbocycles. The van der Waals surface area contributed by atoms with Gasteiger partial charge in [-0.05, 0) is 24.3 Å². The summed E-state index contributed by atoms with van der Waals surface area (Å²) in [5.41, 5.74) is 1.37. The Morgan fingerprint density at radius 1 is 1.00 bits per heavy atom. The number of benzene rings is 2. The van der Waals surface area contributed by atoms with E-state index in [9.17, 15) is 0 Å². The number of hydrogen-bond donors (Lipinski definition) is 1. The smallest absolute Gasteiger partial charge is 0.150 e. The molecule has 2 heteroatoms. The van der Waals surface area contributed by atoms with Crippen molar-refractivity contribution in [3.8, 4) is 5.75 Å². The zero-order chi connectivity index (χ0) is 12.0. The largest absolute Gasteiger partial charge is 0.488 e. The fourth-order valence-corrected chi connectivity index (χ4v) is 3.35. The number of anilines is 1. The fourth-order valence-electron chi connectivity index (χ4n) is 3.35. The Kier molecular flexibility index (Phi) is 2.07. The lowest BCUT2D eigenvalue weighted by molar-refractivity contribution is 0.223.